The van der Waals surface area contributed by atoms with Crippen molar-refractivity contribution in [3.05, 3.63) is 35.4 Å². The summed E-state index contributed by atoms with van der Waals surface area (Å²) >= 11 is 1.00. The number of benzene rings is 1. The third kappa shape index (κ3) is 4.11. The van der Waals surface area contributed by atoms with Crippen molar-refractivity contribution in [2.24, 2.45) is 0 Å². The van der Waals surface area contributed by atoms with Crippen molar-refractivity contribution in [3.63, 3.8) is 0 Å². The number of ether oxygens (including phenoxy) is 1. The van der Waals surface area contributed by atoms with Gasteiger partial charge in [-0.05, 0) is 43.5 Å². The van der Waals surface area contributed by atoms with Crippen LogP contribution in [0.1, 0.15) is 28.8 Å². The molecule has 2 amide bonds. The highest BCUT2D eigenvalue weighted by Gasteiger charge is 2.31. The topological polar surface area (TPSA) is 84.5 Å². The van der Waals surface area contributed by atoms with E-state index in [0.29, 0.717) is 18.6 Å². The molecule has 2 aliphatic rings. The second-order valence-electron chi connectivity index (χ2n) is 5.68. The van der Waals surface area contributed by atoms with Gasteiger partial charge in [-0.3, -0.25) is 14.9 Å². The number of thioether (sulfide) groups is 1. The Bertz CT molecular complexity index is 611. The number of hydrogen-bond donors (Lipinski definition) is 2. The minimum atomic E-state index is -0.395. The molecule has 2 atom stereocenters. The van der Waals surface area contributed by atoms with Gasteiger partial charge in [-0.2, -0.15) is 0 Å². The van der Waals surface area contributed by atoms with Crippen molar-refractivity contribution in [2.75, 3.05) is 13.2 Å². The highest BCUT2D eigenvalue weighted by molar-refractivity contribution is 8.15. The molecule has 2 saturated heterocycles. The zero-order valence-electron chi connectivity index (χ0n) is 12.5. The van der Waals surface area contributed by atoms with Gasteiger partial charge in [0.25, 0.3) is 5.24 Å². The molecule has 1 unspecified atom stereocenters. The first-order valence-electron chi connectivity index (χ1n) is 7.63. The maximum atomic E-state index is 12.0. The van der Waals surface area contributed by atoms with Crippen LogP contribution in [-0.2, 0) is 16.0 Å². The molecule has 0 aromatic heterocycles. The zero-order valence-corrected chi connectivity index (χ0v) is 13.4. The molecule has 122 valence electrons. The lowest BCUT2D eigenvalue weighted by molar-refractivity contribution is -0.118. The summed E-state index contributed by atoms with van der Waals surface area (Å²) in [7, 11) is 0. The molecule has 6 nitrogen and oxygen atoms in total. The van der Waals surface area contributed by atoms with E-state index in [4.69, 9.17) is 4.74 Å². The molecule has 1 aromatic rings. The van der Waals surface area contributed by atoms with Crippen LogP contribution in [0.2, 0.25) is 0 Å². The normalized spacial score (nSPS) is 23.8. The molecule has 0 radical (unpaired) electrons. The molecule has 2 N–H and O–H groups in total. The number of carbonyl (C=O) groups is 3. The van der Waals surface area contributed by atoms with E-state index in [-0.39, 0.29) is 23.2 Å². The molecule has 0 aliphatic carbocycles. The molecule has 0 saturated carbocycles. The van der Waals surface area contributed by atoms with Gasteiger partial charge in [-0.1, -0.05) is 23.9 Å². The van der Waals surface area contributed by atoms with Crippen LogP contribution in [0.4, 0.5) is 4.79 Å². The quantitative estimate of drug-likeness (QED) is 0.794. The van der Waals surface area contributed by atoms with Crippen molar-refractivity contribution in [2.45, 2.75) is 30.6 Å². The number of rotatable bonds is 5. The Balaban J connectivity index is 1.52. The lowest BCUT2D eigenvalue weighted by Gasteiger charge is -2.11. The Morgan fingerprint density at radius 2 is 2.04 bits per heavy atom. The maximum Gasteiger partial charge on any atom is 0.338 e. The number of carbonyl (C=O) groups excluding carboxylic acids is 3. The van der Waals surface area contributed by atoms with Crippen LogP contribution in [-0.4, -0.2) is 41.6 Å². The first-order chi connectivity index (χ1) is 11.1. The number of nitrogens with one attached hydrogen (secondary N) is 2. The predicted octanol–water partition coefficient (Wildman–Crippen LogP) is 1.49. The summed E-state index contributed by atoms with van der Waals surface area (Å²) in [5.41, 5.74) is 1.40. The molecule has 7 heteroatoms. The van der Waals surface area contributed by atoms with Crippen LogP contribution in [0.5, 0.6) is 0 Å². The van der Waals surface area contributed by atoms with E-state index < -0.39 is 5.25 Å². The predicted molar refractivity (Wildman–Crippen MR) is 86.4 cm³/mol. The summed E-state index contributed by atoms with van der Waals surface area (Å²) in [4.78, 5) is 34.7. The molecule has 2 aliphatic heterocycles. The van der Waals surface area contributed by atoms with Crippen molar-refractivity contribution >= 4 is 28.9 Å². The van der Waals surface area contributed by atoms with E-state index in [0.717, 1.165) is 36.7 Å². The van der Waals surface area contributed by atoms with Crippen molar-refractivity contribution < 1.29 is 19.1 Å². The monoisotopic (exact) mass is 334 g/mol. The average molecular weight is 334 g/mol. The fourth-order valence-corrected chi connectivity index (χ4v) is 3.54. The van der Waals surface area contributed by atoms with Gasteiger partial charge in [-0.25, -0.2) is 4.79 Å². The van der Waals surface area contributed by atoms with Crippen molar-refractivity contribution in [1.29, 1.82) is 0 Å². The Labute approximate surface area is 138 Å². The van der Waals surface area contributed by atoms with Crippen molar-refractivity contribution in [3.8, 4) is 0 Å². The highest BCUT2D eigenvalue weighted by Crippen LogP contribution is 2.23. The summed E-state index contributed by atoms with van der Waals surface area (Å²) in [5.74, 6) is -0.596. The van der Waals surface area contributed by atoms with E-state index in [9.17, 15) is 14.4 Å². The molecule has 0 bridgehead atoms. The second kappa shape index (κ2) is 7.14. The van der Waals surface area contributed by atoms with Gasteiger partial charge in [0, 0.05) is 6.04 Å². The molecule has 2 heterocycles. The third-order valence-electron chi connectivity index (χ3n) is 3.96. The summed E-state index contributed by atoms with van der Waals surface area (Å²) in [6.45, 7) is 1.37. The first kappa shape index (κ1) is 16.0. The van der Waals surface area contributed by atoms with Gasteiger partial charge < -0.3 is 10.1 Å². The van der Waals surface area contributed by atoms with Crippen LogP contribution >= 0.6 is 11.8 Å². The maximum absolute atomic E-state index is 12.0. The van der Waals surface area contributed by atoms with Crippen LogP contribution in [0.15, 0.2) is 24.3 Å². The smallest absolute Gasteiger partial charge is 0.338 e. The Kier molecular flexibility index (Phi) is 4.97. The Morgan fingerprint density at radius 1 is 1.26 bits per heavy atom. The van der Waals surface area contributed by atoms with Gasteiger partial charge in [0.2, 0.25) is 5.91 Å². The SMILES string of the molecule is O=C1NC(=O)C(Cc2ccc(C(=O)OC[C@H]3CCCN3)cc2)S1. The number of esters is 1. The largest absolute Gasteiger partial charge is 0.460 e. The van der Waals surface area contributed by atoms with E-state index in [1.54, 1.807) is 24.3 Å². The zero-order chi connectivity index (χ0) is 16.2. The molecule has 3 rings (SSSR count). The highest BCUT2D eigenvalue weighted by atomic mass is 32.2. The van der Waals surface area contributed by atoms with E-state index in [2.05, 4.69) is 10.6 Å². The minimum absolute atomic E-state index is 0.257. The van der Waals surface area contributed by atoms with E-state index >= 15 is 0 Å². The Morgan fingerprint density at radius 3 is 2.65 bits per heavy atom. The molecule has 0 spiro atoms. The van der Waals surface area contributed by atoms with Gasteiger partial charge in [0.05, 0.1) is 10.8 Å². The fraction of sp³-hybridized carbons (Fsp3) is 0.438. The van der Waals surface area contributed by atoms with Gasteiger partial charge in [-0.15, -0.1) is 0 Å². The average Bonchev–Trinajstić information content (AvgIpc) is 3.16. The first-order valence-corrected chi connectivity index (χ1v) is 8.51. The van der Waals surface area contributed by atoms with Gasteiger partial charge in [0.15, 0.2) is 0 Å². The van der Waals surface area contributed by atoms with Crippen LogP contribution in [0.3, 0.4) is 0 Å². The van der Waals surface area contributed by atoms with Crippen LogP contribution < -0.4 is 10.6 Å². The molecule has 2 fully saturated rings. The number of hydrogen-bond acceptors (Lipinski definition) is 6. The van der Waals surface area contributed by atoms with Crippen LogP contribution in [0, 0.1) is 0 Å². The molecular formula is C16H18N2O4S. The lowest BCUT2D eigenvalue weighted by atomic mass is 10.1. The minimum Gasteiger partial charge on any atom is -0.460 e. The van der Waals surface area contributed by atoms with Gasteiger partial charge in [0.1, 0.15) is 6.61 Å². The van der Waals surface area contributed by atoms with Gasteiger partial charge >= 0.3 is 5.97 Å². The summed E-state index contributed by atoms with van der Waals surface area (Å²) in [5, 5.41) is 4.84. The fourth-order valence-electron chi connectivity index (χ4n) is 2.68. The summed E-state index contributed by atoms with van der Waals surface area (Å²) in [6.07, 6.45) is 2.61. The standard InChI is InChI=1S/C16H18N2O4S/c19-14-13(23-16(21)18-14)8-10-3-5-11(6-4-10)15(20)22-9-12-2-1-7-17-12/h3-6,12-13,17H,1-2,7-9H2,(H,18,19,21)/t12-,13?/m1/s1. The summed E-state index contributed by atoms with van der Waals surface area (Å²) < 4.78 is 5.30. The molecule has 23 heavy (non-hydrogen) atoms. The number of imide groups is 1. The van der Waals surface area contributed by atoms with E-state index in [1.165, 1.54) is 0 Å². The third-order valence-corrected chi connectivity index (χ3v) is 4.94. The Hall–Kier alpha value is -1.86. The number of amides is 2. The van der Waals surface area contributed by atoms with E-state index in [1.807, 2.05) is 0 Å². The molecule has 1 aromatic carbocycles. The van der Waals surface area contributed by atoms with Crippen LogP contribution in [0.25, 0.3) is 0 Å². The molecular weight excluding hydrogens is 316 g/mol. The second-order valence-corrected chi connectivity index (χ2v) is 6.85. The van der Waals surface area contributed by atoms with Crippen molar-refractivity contribution in [1.82, 2.24) is 10.6 Å². The lowest BCUT2D eigenvalue weighted by Crippen LogP contribution is -2.28. The summed E-state index contributed by atoms with van der Waals surface area (Å²) in [6, 6.07) is 7.23.